The van der Waals surface area contributed by atoms with Crippen molar-refractivity contribution in [1.29, 1.82) is 0 Å². The minimum absolute atomic E-state index is 0.0279. The number of aliphatic hydroxyl groups is 2. The summed E-state index contributed by atoms with van der Waals surface area (Å²) in [6.07, 6.45) is -5.34. The molecule has 0 radical (unpaired) electrons. The molecule has 0 aromatic carbocycles. The molecule has 0 heterocycles. The SMILES string of the molecule is CCC(CCC(O)COCC(F)(F)C(F)(F)C(F)(F)C(F)F)CC(C)O. The van der Waals surface area contributed by atoms with Crippen LogP contribution >= 0.6 is 0 Å². The molecule has 11 heteroatoms. The van der Waals surface area contributed by atoms with Gasteiger partial charge in [-0.2, -0.15) is 26.3 Å². The molecule has 0 aromatic rings. The molecule has 0 bridgehead atoms. The van der Waals surface area contributed by atoms with Crippen LogP contribution in [0, 0.1) is 5.92 Å². The first-order chi connectivity index (χ1) is 11.7. The Labute approximate surface area is 146 Å². The first kappa shape index (κ1) is 25.3. The molecular weight excluding hydrogens is 380 g/mol. The molecule has 3 nitrogen and oxygen atoms in total. The van der Waals surface area contributed by atoms with Crippen molar-refractivity contribution in [1.82, 2.24) is 0 Å². The van der Waals surface area contributed by atoms with Gasteiger partial charge in [-0.15, -0.1) is 0 Å². The Bertz CT molecular complexity index is 404. The Morgan fingerprint density at radius 2 is 1.50 bits per heavy atom. The molecule has 0 saturated carbocycles. The van der Waals surface area contributed by atoms with E-state index in [0.29, 0.717) is 19.3 Å². The highest BCUT2D eigenvalue weighted by atomic mass is 19.4. The topological polar surface area (TPSA) is 49.7 Å². The van der Waals surface area contributed by atoms with Crippen LogP contribution in [0.15, 0.2) is 0 Å². The molecule has 0 amide bonds. The molecule has 158 valence electrons. The van der Waals surface area contributed by atoms with Gasteiger partial charge in [-0.3, -0.25) is 0 Å². The smallest absolute Gasteiger partial charge is 0.380 e. The summed E-state index contributed by atoms with van der Waals surface area (Å²) in [4.78, 5) is 0. The molecule has 0 aromatic heterocycles. The Hall–Kier alpha value is -0.680. The van der Waals surface area contributed by atoms with Crippen LogP contribution < -0.4 is 0 Å². The zero-order valence-corrected chi connectivity index (χ0v) is 14.4. The Morgan fingerprint density at radius 1 is 0.962 bits per heavy atom. The van der Waals surface area contributed by atoms with Crippen LogP contribution in [0.2, 0.25) is 0 Å². The Balaban J connectivity index is 4.52. The van der Waals surface area contributed by atoms with E-state index in [1.165, 1.54) is 0 Å². The van der Waals surface area contributed by atoms with Gasteiger partial charge in [-0.1, -0.05) is 13.3 Å². The maximum atomic E-state index is 13.2. The fourth-order valence-electron chi connectivity index (χ4n) is 2.28. The Kier molecular flexibility index (Phi) is 9.76. The van der Waals surface area contributed by atoms with E-state index >= 15 is 0 Å². The zero-order chi connectivity index (χ0) is 20.8. The quantitative estimate of drug-likeness (QED) is 0.454. The van der Waals surface area contributed by atoms with Crippen LogP contribution in [-0.4, -0.2) is 59.8 Å². The van der Waals surface area contributed by atoms with Crippen LogP contribution in [0.1, 0.15) is 39.5 Å². The van der Waals surface area contributed by atoms with Crippen molar-refractivity contribution in [3.63, 3.8) is 0 Å². The molecule has 0 spiro atoms. The van der Waals surface area contributed by atoms with Crippen molar-refractivity contribution in [3.05, 3.63) is 0 Å². The highest BCUT2D eigenvalue weighted by Crippen LogP contribution is 2.48. The molecule has 3 atom stereocenters. The van der Waals surface area contributed by atoms with Gasteiger partial charge in [0.25, 0.3) is 0 Å². The minimum Gasteiger partial charge on any atom is -0.393 e. The third-order valence-electron chi connectivity index (χ3n) is 3.91. The predicted molar refractivity (Wildman–Crippen MR) is 77.0 cm³/mol. The third-order valence-corrected chi connectivity index (χ3v) is 3.91. The van der Waals surface area contributed by atoms with Gasteiger partial charge in [0.05, 0.1) is 18.8 Å². The number of rotatable bonds is 13. The van der Waals surface area contributed by atoms with Crippen molar-refractivity contribution in [2.75, 3.05) is 13.2 Å². The molecule has 0 fully saturated rings. The summed E-state index contributed by atoms with van der Waals surface area (Å²) in [5.41, 5.74) is 0. The summed E-state index contributed by atoms with van der Waals surface area (Å²) in [6, 6.07) is 0. The summed E-state index contributed by atoms with van der Waals surface area (Å²) >= 11 is 0. The van der Waals surface area contributed by atoms with Crippen LogP contribution in [0.4, 0.5) is 35.1 Å². The van der Waals surface area contributed by atoms with Crippen molar-refractivity contribution < 1.29 is 50.1 Å². The molecule has 0 aliphatic carbocycles. The van der Waals surface area contributed by atoms with Crippen LogP contribution in [0.25, 0.3) is 0 Å². The second-order valence-corrected chi connectivity index (χ2v) is 6.31. The average molecular weight is 404 g/mol. The number of alkyl halides is 8. The normalized spacial score (nSPS) is 17.4. The molecule has 0 aliphatic rings. The molecule has 0 rings (SSSR count). The predicted octanol–water partition coefficient (Wildman–Crippen LogP) is 4.11. The standard InChI is InChI=1S/C15H24F8O3/c1-3-10(6-9(2)24)4-5-11(25)7-26-8-13(18,19)15(22,23)14(20,21)12(16)17/h9-12,24-25H,3-8H2,1-2H3. The van der Waals surface area contributed by atoms with E-state index in [4.69, 9.17) is 0 Å². The zero-order valence-electron chi connectivity index (χ0n) is 14.4. The lowest BCUT2D eigenvalue weighted by Crippen LogP contribution is -2.59. The Morgan fingerprint density at radius 3 is 1.92 bits per heavy atom. The largest absolute Gasteiger partial charge is 0.393 e. The van der Waals surface area contributed by atoms with Gasteiger partial charge in [-0.25, -0.2) is 8.78 Å². The number of ether oxygens (including phenoxy) is 1. The van der Waals surface area contributed by atoms with Gasteiger partial charge in [0.15, 0.2) is 0 Å². The molecule has 3 unspecified atom stereocenters. The van der Waals surface area contributed by atoms with Crippen LogP contribution in [-0.2, 0) is 4.74 Å². The first-order valence-corrected chi connectivity index (χ1v) is 8.04. The summed E-state index contributed by atoms with van der Waals surface area (Å²) in [5.74, 6) is -18.1. The second kappa shape index (κ2) is 10.0. The van der Waals surface area contributed by atoms with Gasteiger partial charge in [0.2, 0.25) is 0 Å². The number of halogens is 8. The molecular formula is C15H24F8O3. The van der Waals surface area contributed by atoms with E-state index in [0.717, 1.165) is 0 Å². The van der Waals surface area contributed by atoms with Gasteiger partial charge < -0.3 is 14.9 Å². The monoisotopic (exact) mass is 404 g/mol. The van der Waals surface area contributed by atoms with Gasteiger partial charge in [-0.05, 0) is 32.1 Å². The second-order valence-electron chi connectivity index (χ2n) is 6.31. The maximum Gasteiger partial charge on any atom is 0.380 e. The minimum atomic E-state index is -6.32. The van der Waals surface area contributed by atoms with Crippen molar-refractivity contribution in [2.24, 2.45) is 5.92 Å². The first-order valence-electron chi connectivity index (χ1n) is 8.04. The highest BCUT2D eigenvalue weighted by molar-refractivity contribution is 4.97. The van der Waals surface area contributed by atoms with Crippen LogP contribution in [0.3, 0.4) is 0 Å². The van der Waals surface area contributed by atoms with E-state index in [9.17, 15) is 45.3 Å². The lowest BCUT2D eigenvalue weighted by atomic mass is 9.93. The van der Waals surface area contributed by atoms with Gasteiger partial charge in [0, 0.05) is 0 Å². The van der Waals surface area contributed by atoms with E-state index in [-0.39, 0.29) is 12.3 Å². The van der Waals surface area contributed by atoms with E-state index in [1.54, 1.807) is 6.92 Å². The maximum absolute atomic E-state index is 13.2. The fraction of sp³-hybridized carbons (Fsp3) is 1.00. The van der Waals surface area contributed by atoms with E-state index in [2.05, 4.69) is 4.74 Å². The molecule has 26 heavy (non-hydrogen) atoms. The summed E-state index contributed by atoms with van der Waals surface area (Å²) < 4.78 is 106. The van der Waals surface area contributed by atoms with Gasteiger partial charge >= 0.3 is 24.2 Å². The van der Waals surface area contributed by atoms with Crippen molar-refractivity contribution >= 4 is 0 Å². The van der Waals surface area contributed by atoms with Gasteiger partial charge in [0.1, 0.15) is 6.61 Å². The summed E-state index contributed by atoms with van der Waals surface area (Å²) in [6.45, 7) is 0.308. The number of hydrogen-bond acceptors (Lipinski definition) is 3. The lowest BCUT2D eigenvalue weighted by molar-refractivity contribution is -0.346. The summed E-state index contributed by atoms with van der Waals surface area (Å²) in [5, 5.41) is 18.9. The molecule has 0 saturated heterocycles. The van der Waals surface area contributed by atoms with E-state index in [1.807, 2.05) is 6.92 Å². The van der Waals surface area contributed by atoms with Crippen molar-refractivity contribution in [3.8, 4) is 0 Å². The van der Waals surface area contributed by atoms with Crippen LogP contribution in [0.5, 0.6) is 0 Å². The number of hydrogen-bond donors (Lipinski definition) is 2. The van der Waals surface area contributed by atoms with E-state index < -0.39 is 49.6 Å². The molecule has 0 aliphatic heterocycles. The number of aliphatic hydroxyl groups excluding tert-OH is 2. The molecule has 2 N–H and O–H groups in total. The van der Waals surface area contributed by atoms with Crippen molar-refractivity contribution in [2.45, 2.75) is 75.9 Å². The fourth-order valence-corrected chi connectivity index (χ4v) is 2.28. The third kappa shape index (κ3) is 6.80. The summed E-state index contributed by atoms with van der Waals surface area (Å²) in [7, 11) is 0. The highest BCUT2D eigenvalue weighted by Gasteiger charge is 2.75. The lowest BCUT2D eigenvalue weighted by Gasteiger charge is -2.32. The average Bonchev–Trinajstić information content (AvgIpc) is 2.50.